The van der Waals surface area contributed by atoms with Gasteiger partial charge >= 0.3 is 0 Å². The molecule has 1 heterocycles. The van der Waals surface area contributed by atoms with E-state index in [2.05, 4.69) is 10.3 Å². The minimum absolute atomic E-state index is 0.0260. The molecule has 0 saturated carbocycles. The van der Waals surface area contributed by atoms with Gasteiger partial charge in [-0.2, -0.15) is 0 Å². The van der Waals surface area contributed by atoms with Gasteiger partial charge in [-0.3, -0.25) is 4.79 Å². The molecule has 0 bridgehead atoms. The van der Waals surface area contributed by atoms with E-state index < -0.39 is 11.7 Å². The van der Waals surface area contributed by atoms with E-state index in [1.54, 1.807) is 24.3 Å². The first-order chi connectivity index (χ1) is 10.1. The highest BCUT2D eigenvalue weighted by molar-refractivity contribution is 6.33. The predicted octanol–water partition coefficient (Wildman–Crippen LogP) is 3.92. The fourth-order valence-electron chi connectivity index (χ4n) is 1.68. The second-order valence-electron chi connectivity index (χ2n) is 4.29. The molecule has 0 unspecified atom stereocenters. The average molecular weight is 309 g/mol. The summed E-state index contributed by atoms with van der Waals surface area (Å²) < 4.78 is 18.7. The Morgan fingerprint density at radius 2 is 2.19 bits per heavy atom. The number of para-hydroxylation sites is 2. The van der Waals surface area contributed by atoms with E-state index in [-0.39, 0.29) is 10.7 Å². The summed E-state index contributed by atoms with van der Waals surface area (Å²) >= 11 is 5.81. The number of amides is 1. The molecule has 0 fully saturated rings. The molecule has 110 valence electrons. The third-order valence-corrected chi connectivity index (χ3v) is 2.95. The fraction of sp³-hybridized carbons (Fsp3) is 0.200. The molecule has 1 N–H and O–H groups in total. The maximum atomic E-state index is 13.2. The molecule has 0 spiro atoms. The second-order valence-corrected chi connectivity index (χ2v) is 4.65. The number of hydrogen-bond acceptors (Lipinski definition) is 3. The van der Waals surface area contributed by atoms with E-state index in [1.165, 1.54) is 0 Å². The number of carbonyl (C=O) groups excluding carboxylic acids is 1. The molecule has 0 aliphatic rings. The number of hydrogen-bond donors (Lipinski definition) is 1. The fourth-order valence-corrected chi connectivity index (χ4v) is 1.87. The van der Waals surface area contributed by atoms with Crippen LogP contribution in [0.2, 0.25) is 5.15 Å². The van der Waals surface area contributed by atoms with Crippen LogP contribution in [0, 0.1) is 5.82 Å². The van der Waals surface area contributed by atoms with E-state index in [0.717, 1.165) is 18.7 Å². The molecule has 21 heavy (non-hydrogen) atoms. The van der Waals surface area contributed by atoms with Crippen molar-refractivity contribution in [2.75, 3.05) is 11.9 Å². The molecule has 2 rings (SSSR count). The SMILES string of the molecule is CCCOc1ccccc1NC(=O)c1cc(F)cnc1Cl. The Kier molecular flexibility index (Phi) is 5.11. The lowest BCUT2D eigenvalue weighted by atomic mass is 10.2. The minimum atomic E-state index is -0.625. The lowest BCUT2D eigenvalue weighted by Crippen LogP contribution is -2.14. The van der Waals surface area contributed by atoms with Gasteiger partial charge in [-0.1, -0.05) is 30.7 Å². The molecule has 1 aromatic carbocycles. The van der Waals surface area contributed by atoms with Crippen LogP contribution in [0.4, 0.5) is 10.1 Å². The largest absolute Gasteiger partial charge is 0.491 e. The molecule has 2 aromatic rings. The van der Waals surface area contributed by atoms with Crippen LogP contribution in [0.15, 0.2) is 36.5 Å². The molecule has 0 saturated heterocycles. The van der Waals surface area contributed by atoms with Gasteiger partial charge in [0.05, 0.1) is 24.1 Å². The second kappa shape index (κ2) is 7.04. The van der Waals surface area contributed by atoms with Crippen molar-refractivity contribution in [1.82, 2.24) is 4.98 Å². The smallest absolute Gasteiger partial charge is 0.259 e. The summed E-state index contributed by atoms with van der Waals surface area (Å²) in [5.74, 6) is -0.618. The van der Waals surface area contributed by atoms with Crippen molar-refractivity contribution >= 4 is 23.2 Å². The van der Waals surface area contributed by atoms with Crippen molar-refractivity contribution in [2.45, 2.75) is 13.3 Å². The van der Waals surface area contributed by atoms with Crippen LogP contribution in [0.3, 0.4) is 0 Å². The van der Waals surface area contributed by atoms with Crippen LogP contribution in [0.5, 0.6) is 5.75 Å². The summed E-state index contributed by atoms with van der Waals surface area (Å²) in [6.45, 7) is 2.52. The number of ether oxygens (including phenoxy) is 1. The summed E-state index contributed by atoms with van der Waals surface area (Å²) in [5, 5.41) is 2.59. The highest BCUT2D eigenvalue weighted by Crippen LogP contribution is 2.25. The highest BCUT2D eigenvalue weighted by atomic mass is 35.5. The third kappa shape index (κ3) is 3.92. The van der Waals surface area contributed by atoms with Gasteiger partial charge in [0.25, 0.3) is 5.91 Å². The Balaban J connectivity index is 2.21. The third-order valence-electron chi connectivity index (χ3n) is 2.65. The molecule has 0 aliphatic carbocycles. The first-order valence-corrected chi connectivity index (χ1v) is 6.84. The minimum Gasteiger partial charge on any atom is -0.491 e. The van der Waals surface area contributed by atoms with Crippen molar-refractivity contribution in [2.24, 2.45) is 0 Å². The quantitative estimate of drug-likeness (QED) is 0.852. The van der Waals surface area contributed by atoms with E-state index >= 15 is 0 Å². The first kappa shape index (κ1) is 15.3. The first-order valence-electron chi connectivity index (χ1n) is 6.46. The lowest BCUT2D eigenvalue weighted by Gasteiger charge is -2.12. The number of nitrogens with zero attached hydrogens (tertiary/aromatic N) is 1. The Bertz CT molecular complexity index is 649. The highest BCUT2D eigenvalue weighted by Gasteiger charge is 2.14. The molecule has 1 aromatic heterocycles. The summed E-state index contributed by atoms with van der Waals surface area (Å²) in [6.07, 6.45) is 1.80. The molecule has 1 amide bonds. The molecule has 0 atom stereocenters. The average Bonchev–Trinajstić information content (AvgIpc) is 2.48. The topological polar surface area (TPSA) is 51.2 Å². The van der Waals surface area contributed by atoms with Gasteiger partial charge in [-0.25, -0.2) is 9.37 Å². The van der Waals surface area contributed by atoms with Crippen molar-refractivity contribution in [3.05, 3.63) is 53.1 Å². The number of carbonyl (C=O) groups is 1. The predicted molar refractivity (Wildman–Crippen MR) is 79.4 cm³/mol. The molecular formula is C15H14ClFN2O2. The monoisotopic (exact) mass is 308 g/mol. The summed E-state index contributed by atoms with van der Waals surface area (Å²) in [5.41, 5.74) is 0.471. The normalized spacial score (nSPS) is 10.2. The van der Waals surface area contributed by atoms with Crippen LogP contribution < -0.4 is 10.1 Å². The van der Waals surface area contributed by atoms with Gasteiger partial charge in [-0.15, -0.1) is 0 Å². The number of aromatic nitrogens is 1. The number of benzene rings is 1. The number of rotatable bonds is 5. The van der Waals surface area contributed by atoms with Crippen molar-refractivity contribution < 1.29 is 13.9 Å². The zero-order valence-electron chi connectivity index (χ0n) is 11.4. The van der Waals surface area contributed by atoms with Crippen molar-refractivity contribution in [1.29, 1.82) is 0 Å². The van der Waals surface area contributed by atoms with Crippen LogP contribution in [-0.2, 0) is 0 Å². The van der Waals surface area contributed by atoms with E-state index in [9.17, 15) is 9.18 Å². The summed E-state index contributed by atoms with van der Waals surface area (Å²) in [6, 6.07) is 8.05. The van der Waals surface area contributed by atoms with Gasteiger partial charge in [-0.05, 0) is 24.6 Å². The zero-order chi connectivity index (χ0) is 15.2. The van der Waals surface area contributed by atoms with Crippen LogP contribution in [0.1, 0.15) is 23.7 Å². The standard InChI is InChI=1S/C15H14ClFN2O2/c1-2-7-21-13-6-4-3-5-12(13)19-15(20)11-8-10(17)9-18-14(11)16/h3-6,8-9H,2,7H2,1H3,(H,19,20). The molecule has 4 nitrogen and oxygen atoms in total. The Labute approximate surface area is 126 Å². The van der Waals surface area contributed by atoms with E-state index in [4.69, 9.17) is 16.3 Å². The molecular weight excluding hydrogens is 295 g/mol. The number of nitrogens with one attached hydrogen (secondary N) is 1. The molecule has 0 aliphatic heterocycles. The Hall–Kier alpha value is -2.14. The maximum Gasteiger partial charge on any atom is 0.259 e. The number of anilines is 1. The Morgan fingerprint density at radius 1 is 1.43 bits per heavy atom. The van der Waals surface area contributed by atoms with E-state index in [1.807, 2.05) is 6.92 Å². The Morgan fingerprint density at radius 3 is 2.95 bits per heavy atom. The number of pyridine rings is 1. The van der Waals surface area contributed by atoms with Crippen LogP contribution in [-0.4, -0.2) is 17.5 Å². The van der Waals surface area contributed by atoms with E-state index in [0.29, 0.717) is 18.0 Å². The van der Waals surface area contributed by atoms with Gasteiger partial charge in [0.1, 0.15) is 16.7 Å². The van der Waals surface area contributed by atoms with Crippen LogP contribution >= 0.6 is 11.6 Å². The van der Waals surface area contributed by atoms with Crippen molar-refractivity contribution in [3.8, 4) is 5.75 Å². The van der Waals surface area contributed by atoms with Gasteiger partial charge in [0.2, 0.25) is 0 Å². The van der Waals surface area contributed by atoms with Crippen molar-refractivity contribution in [3.63, 3.8) is 0 Å². The van der Waals surface area contributed by atoms with Crippen LogP contribution in [0.25, 0.3) is 0 Å². The maximum absolute atomic E-state index is 13.2. The zero-order valence-corrected chi connectivity index (χ0v) is 12.2. The molecule has 0 radical (unpaired) electrons. The lowest BCUT2D eigenvalue weighted by molar-refractivity contribution is 0.102. The van der Waals surface area contributed by atoms with Gasteiger partial charge in [0, 0.05) is 0 Å². The van der Waals surface area contributed by atoms with Gasteiger partial charge < -0.3 is 10.1 Å². The van der Waals surface area contributed by atoms with Gasteiger partial charge in [0.15, 0.2) is 0 Å². The molecule has 6 heteroatoms. The summed E-state index contributed by atoms with van der Waals surface area (Å²) in [7, 11) is 0. The summed E-state index contributed by atoms with van der Waals surface area (Å²) in [4.78, 5) is 15.8. The number of halogens is 2.